The van der Waals surface area contributed by atoms with Crippen LogP contribution in [-0.2, 0) is 6.61 Å². The van der Waals surface area contributed by atoms with Crippen LogP contribution in [0, 0.1) is 3.57 Å². The summed E-state index contributed by atoms with van der Waals surface area (Å²) in [5.41, 5.74) is 0. The zero-order valence-electron chi connectivity index (χ0n) is 7.74. The molecule has 15 heavy (non-hydrogen) atoms. The lowest BCUT2D eigenvalue weighted by atomic mass is 10.3. The minimum Gasteiger partial charge on any atom is -0.487 e. The molecule has 0 aliphatic rings. The van der Waals surface area contributed by atoms with E-state index in [9.17, 15) is 0 Å². The number of halogens is 2. The van der Waals surface area contributed by atoms with E-state index in [1.165, 1.54) is 4.88 Å². The smallest absolute Gasteiger partial charge is 0.133 e. The molecule has 4 heteroatoms. The van der Waals surface area contributed by atoms with Gasteiger partial charge in [-0.05, 0) is 56.7 Å². The van der Waals surface area contributed by atoms with E-state index in [-0.39, 0.29) is 0 Å². The van der Waals surface area contributed by atoms with Crippen LogP contribution in [0.25, 0.3) is 0 Å². The Morgan fingerprint density at radius 2 is 2.13 bits per heavy atom. The number of rotatable bonds is 3. The third-order valence-corrected chi connectivity index (χ3v) is 4.39. The van der Waals surface area contributed by atoms with Gasteiger partial charge < -0.3 is 4.74 Å². The van der Waals surface area contributed by atoms with Crippen LogP contribution < -0.4 is 4.74 Å². The molecule has 0 N–H and O–H groups in total. The van der Waals surface area contributed by atoms with Crippen LogP contribution in [0.2, 0.25) is 0 Å². The quantitative estimate of drug-likeness (QED) is 0.686. The highest BCUT2D eigenvalue weighted by atomic mass is 127. The molecule has 0 unspecified atom stereocenters. The summed E-state index contributed by atoms with van der Waals surface area (Å²) in [4.78, 5) is 1.22. The first-order valence-electron chi connectivity index (χ1n) is 4.36. The summed E-state index contributed by atoms with van der Waals surface area (Å²) in [6.07, 6.45) is 0. The van der Waals surface area contributed by atoms with E-state index in [1.54, 1.807) is 11.3 Å². The van der Waals surface area contributed by atoms with Crippen LogP contribution >= 0.6 is 49.9 Å². The average Bonchev–Trinajstić information content (AvgIpc) is 2.63. The number of para-hydroxylation sites is 1. The minimum atomic E-state index is 0.635. The predicted octanol–water partition coefficient (Wildman–Crippen LogP) is 4.69. The first kappa shape index (κ1) is 11.4. The standard InChI is InChI=1S/C11H8BrIOS/c12-8-5-9(15-7-8)6-14-11-4-2-1-3-10(11)13/h1-5,7H,6H2. The monoisotopic (exact) mass is 394 g/mol. The van der Waals surface area contributed by atoms with Crippen molar-refractivity contribution in [3.8, 4) is 5.75 Å². The van der Waals surface area contributed by atoms with Crippen molar-refractivity contribution in [2.24, 2.45) is 0 Å². The summed E-state index contributed by atoms with van der Waals surface area (Å²) < 4.78 is 7.98. The van der Waals surface area contributed by atoms with Crippen molar-refractivity contribution in [2.75, 3.05) is 0 Å². The van der Waals surface area contributed by atoms with Gasteiger partial charge in [0.05, 0.1) is 3.57 Å². The molecule has 0 atom stereocenters. The Labute approximate surface area is 115 Å². The van der Waals surface area contributed by atoms with Crippen molar-refractivity contribution in [1.29, 1.82) is 0 Å². The first-order valence-corrected chi connectivity index (χ1v) is 7.11. The van der Waals surface area contributed by atoms with E-state index in [0.717, 1.165) is 13.8 Å². The van der Waals surface area contributed by atoms with E-state index in [4.69, 9.17) is 4.74 Å². The van der Waals surface area contributed by atoms with E-state index in [1.807, 2.05) is 24.3 Å². The molecule has 2 aromatic rings. The second kappa shape index (κ2) is 5.32. The van der Waals surface area contributed by atoms with Gasteiger partial charge in [0.1, 0.15) is 12.4 Å². The predicted molar refractivity (Wildman–Crippen MR) is 75.5 cm³/mol. The van der Waals surface area contributed by atoms with Gasteiger partial charge in [0, 0.05) is 14.7 Å². The molecule has 1 aromatic heterocycles. The second-order valence-corrected chi connectivity index (χ2v) is 6.02. The Balaban J connectivity index is 2.02. The van der Waals surface area contributed by atoms with Crippen LogP contribution in [0.3, 0.4) is 0 Å². The highest BCUT2D eigenvalue weighted by Crippen LogP contribution is 2.24. The van der Waals surface area contributed by atoms with Gasteiger partial charge in [-0.3, -0.25) is 0 Å². The van der Waals surface area contributed by atoms with E-state index in [0.29, 0.717) is 6.61 Å². The number of benzene rings is 1. The number of hydrogen-bond acceptors (Lipinski definition) is 2. The fraction of sp³-hybridized carbons (Fsp3) is 0.0909. The van der Waals surface area contributed by atoms with Crippen molar-refractivity contribution in [3.63, 3.8) is 0 Å². The van der Waals surface area contributed by atoms with Crippen LogP contribution in [-0.4, -0.2) is 0 Å². The molecule has 0 aliphatic heterocycles. The lowest BCUT2D eigenvalue weighted by Crippen LogP contribution is -1.94. The molecular formula is C11H8BrIOS. The Kier molecular flexibility index (Phi) is 4.05. The molecule has 0 saturated carbocycles. The molecule has 1 nitrogen and oxygen atoms in total. The minimum absolute atomic E-state index is 0.635. The Morgan fingerprint density at radius 1 is 1.33 bits per heavy atom. The number of ether oxygens (including phenoxy) is 1. The summed E-state index contributed by atoms with van der Waals surface area (Å²) in [6.45, 7) is 0.635. The summed E-state index contributed by atoms with van der Waals surface area (Å²) in [5.74, 6) is 0.947. The van der Waals surface area contributed by atoms with Crippen molar-refractivity contribution in [3.05, 3.63) is 48.6 Å². The first-order chi connectivity index (χ1) is 7.25. The molecule has 0 aliphatic carbocycles. The van der Waals surface area contributed by atoms with Gasteiger partial charge in [-0.2, -0.15) is 0 Å². The average molecular weight is 395 g/mol. The van der Waals surface area contributed by atoms with E-state index in [2.05, 4.69) is 50.0 Å². The molecule has 1 aromatic carbocycles. The topological polar surface area (TPSA) is 9.23 Å². The van der Waals surface area contributed by atoms with Crippen LogP contribution in [0.5, 0.6) is 5.75 Å². The highest BCUT2D eigenvalue weighted by molar-refractivity contribution is 14.1. The highest BCUT2D eigenvalue weighted by Gasteiger charge is 2.01. The van der Waals surface area contributed by atoms with Crippen molar-refractivity contribution in [1.82, 2.24) is 0 Å². The second-order valence-electron chi connectivity index (χ2n) is 2.95. The number of thiophene rings is 1. The molecule has 0 bridgehead atoms. The van der Waals surface area contributed by atoms with Gasteiger partial charge >= 0.3 is 0 Å². The van der Waals surface area contributed by atoms with Gasteiger partial charge in [-0.1, -0.05) is 12.1 Å². The normalized spacial score (nSPS) is 10.3. The molecule has 0 fully saturated rings. The van der Waals surface area contributed by atoms with Crippen molar-refractivity contribution < 1.29 is 4.74 Å². The third-order valence-electron chi connectivity index (χ3n) is 1.83. The Bertz CT molecular complexity index is 455. The van der Waals surface area contributed by atoms with E-state index >= 15 is 0 Å². The zero-order valence-corrected chi connectivity index (χ0v) is 12.3. The van der Waals surface area contributed by atoms with Crippen molar-refractivity contribution >= 4 is 49.9 Å². The summed E-state index contributed by atoms with van der Waals surface area (Å²) in [6, 6.07) is 10.1. The fourth-order valence-electron chi connectivity index (χ4n) is 1.14. The summed E-state index contributed by atoms with van der Waals surface area (Å²) >= 11 is 7.40. The molecule has 0 amide bonds. The fourth-order valence-corrected chi connectivity index (χ4v) is 3.05. The Hall–Kier alpha value is -0.0700. The molecule has 0 radical (unpaired) electrons. The maximum atomic E-state index is 5.72. The maximum absolute atomic E-state index is 5.72. The summed E-state index contributed by atoms with van der Waals surface area (Å²) in [5, 5.41) is 2.06. The summed E-state index contributed by atoms with van der Waals surface area (Å²) in [7, 11) is 0. The molecular weight excluding hydrogens is 387 g/mol. The largest absolute Gasteiger partial charge is 0.487 e. The maximum Gasteiger partial charge on any atom is 0.133 e. The van der Waals surface area contributed by atoms with Gasteiger partial charge in [-0.25, -0.2) is 0 Å². The SMILES string of the molecule is Brc1csc(COc2ccccc2I)c1. The lowest BCUT2D eigenvalue weighted by Gasteiger charge is -2.05. The van der Waals surface area contributed by atoms with Gasteiger partial charge in [0.2, 0.25) is 0 Å². The molecule has 1 heterocycles. The van der Waals surface area contributed by atoms with Crippen LogP contribution in [0.4, 0.5) is 0 Å². The van der Waals surface area contributed by atoms with Gasteiger partial charge in [-0.15, -0.1) is 11.3 Å². The molecule has 78 valence electrons. The lowest BCUT2D eigenvalue weighted by molar-refractivity contribution is 0.307. The van der Waals surface area contributed by atoms with Gasteiger partial charge in [0.15, 0.2) is 0 Å². The number of hydrogen-bond donors (Lipinski definition) is 0. The molecule has 0 spiro atoms. The molecule has 0 saturated heterocycles. The van der Waals surface area contributed by atoms with Crippen LogP contribution in [0.1, 0.15) is 4.88 Å². The van der Waals surface area contributed by atoms with Crippen molar-refractivity contribution in [2.45, 2.75) is 6.61 Å². The molecule has 2 rings (SSSR count). The third kappa shape index (κ3) is 3.19. The van der Waals surface area contributed by atoms with Crippen LogP contribution in [0.15, 0.2) is 40.2 Å². The Morgan fingerprint density at radius 3 is 2.80 bits per heavy atom. The van der Waals surface area contributed by atoms with E-state index < -0.39 is 0 Å². The van der Waals surface area contributed by atoms with Gasteiger partial charge in [0.25, 0.3) is 0 Å². The zero-order chi connectivity index (χ0) is 10.7.